The molecule has 1 aliphatic heterocycles. The van der Waals surface area contributed by atoms with Crippen LogP contribution in [0.4, 0.5) is 0 Å². The van der Waals surface area contributed by atoms with Crippen LogP contribution in [-0.2, 0) is 19.0 Å². The Morgan fingerprint density at radius 1 is 1.33 bits per heavy atom. The molecule has 21 heavy (non-hydrogen) atoms. The van der Waals surface area contributed by atoms with E-state index in [9.17, 15) is 15.0 Å². The zero-order chi connectivity index (χ0) is 16.2. The lowest BCUT2D eigenvalue weighted by Gasteiger charge is -2.41. The maximum atomic E-state index is 11.7. The van der Waals surface area contributed by atoms with Gasteiger partial charge in [0.1, 0.15) is 24.9 Å². The molecule has 0 saturated carbocycles. The number of carbonyl (C=O) groups is 1. The van der Waals surface area contributed by atoms with Crippen molar-refractivity contribution < 1.29 is 34.4 Å². The number of nitrogens with one attached hydrogen (secondary N) is 1. The lowest BCUT2D eigenvalue weighted by molar-refractivity contribution is -0.281. The third-order valence-corrected chi connectivity index (χ3v) is 3.20. The molecule has 0 aromatic heterocycles. The Labute approximate surface area is 124 Å². The average molecular weight is 307 g/mol. The minimum Gasteiger partial charge on any atom is -0.462 e. The molecule has 4 N–H and O–H groups in total. The second kappa shape index (κ2) is 7.48. The van der Waals surface area contributed by atoms with Gasteiger partial charge >= 0.3 is 5.97 Å². The van der Waals surface area contributed by atoms with E-state index in [4.69, 9.17) is 19.4 Å². The van der Waals surface area contributed by atoms with Gasteiger partial charge in [-0.1, -0.05) is 0 Å². The van der Waals surface area contributed by atoms with Crippen molar-refractivity contribution in [1.29, 1.82) is 0 Å². The molecule has 0 aromatic carbocycles. The Hall–Kier alpha value is -0.770. The first-order valence-electron chi connectivity index (χ1n) is 6.92. The smallest absolute Gasteiger partial charge is 0.311 e. The first-order chi connectivity index (χ1) is 9.72. The second-order valence-electron chi connectivity index (χ2n) is 5.98. The minimum atomic E-state index is -1.35. The van der Waals surface area contributed by atoms with E-state index in [2.05, 4.69) is 0 Å². The van der Waals surface area contributed by atoms with Crippen LogP contribution in [0, 0.1) is 5.41 Å². The Balaban J connectivity index is 2.67. The van der Waals surface area contributed by atoms with E-state index in [0.717, 1.165) is 0 Å². The minimum absolute atomic E-state index is 0.231. The Kier molecular flexibility index (Phi) is 6.51. The molecule has 1 fully saturated rings. The molecule has 0 aromatic rings. The van der Waals surface area contributed by atoms with Crippen LogP contribution in [0.3, 0.4) is 0 Å². The van der Waals surface area contributed by atoms with E-state index >= 15 is 0 Å². The zero-order valence-corrected chi connectivity index (χ0v) is 12.8. The highest BCUT2D eigenvalue weighted by atomic mass is 16.7. The summed E-state index contributed by atoms with van der Waals surface area (Å²) < 4.78 is 15.5. The lowest BCUT2D eigenvalue weighted by Crippen LogP contribution is -2.64. The van der Waals surface area contributed by atoms with Crippen LogP contribution in [0.5, 0.6) is 0 Å². The lowest BCUT2D eigenvalue weighted by atomic mass is 9.96. The molecule has 124 valence electrons. The standard InChI is InChI=1S/C13H25NO7/c1-5-19-10-8(14-18)9(15)7(21-11(10)16)6-20-12(17)13(2,3)4/h7-11,14-16,18H,5-6H2,1-4H3/t7-,8+,9-,10+,11+/m1/s1. The van der Waals surface area contributed by atoms with Gasteiger partial charge in [-0.25, -0.2) is 0 Å². The molecule has 0 aliphatic carbocycles. The van der Waals surface area contributed by atoms with E-state index < -0.39 is 42.0 Å². The Bertz CT molecular complexity index is 344. The topological polar surface area (TPSA) is 117 Å². The highest BCUT2D eigenvalue weighted by molar-refractivity contribution is 5.75. The number of esters is 1. The van der Waals surface area contributed by atoms with Gasteiger partial charge in [-0.05, 0) is 27.7 Å². The molecule has 8 nitrogen and oxygen atoms in total. The van der Waals surface area contributed by atoms with Gasteiger partial charge in [0, 0.05) is 6.61 Å². The van der Waals surface area contributed by atoms with Gasteiger partial charge in [0.05, 0.1) is 11.5 Å². The predicted octanol–water partition coefficient (Wildman–Crippen LogP) is -0.594. The summed E-state index contributed by atoms with van der Waals surface area (Å²) in [6.45, 7) is 6.86. The van der Waals surface area contributed by atoms with E-state index in [1.807, 2.05) is 5.48 Å². The molecular weight excluding hydrogens is 282 g/mol. The summed E-state index contributed by atoms with van der Waals surface area (Å²) in [6.07, 6.45) is -4.45. The van der Waals surface area contributed by atoms with Crippen LogP contribution >= 0.6 is 0 Å². The predicted molar refractivity (Wildman–Crippen MR) is 71.4 cm³/mol. The van der Waals surface area contributed by atoms with E-state index in [1.165, 1.54) is 0 Å². The number of hydroxylamine groups is 1. The molecule has 5 atom stereocenters. The van der Waals surface area contributed by atoms with Crippen molar-refractivity contribution in [1.82, 2.24) is 5.48 Å². The van der Waals surface area contributed by atoms with Crippen LogP contribution in [0.2, 0.25) is 0 Å². The molecule has 0 amide bonds. The van der Waals surface area contributed by atoms with Crippen molar-refractivity contribution in [3.8, 4) is 0 Å². The van der Waals surface area contributed by atoms with Gasteiger partial charge in [-0.15, -0.1) is 0 Å². The maximum absolute atomic E-state index is 11.7. The molecular formula is C13H25NO7. The summed E-state index contributed by atoms with van der Waals surface area (Å²) in [5, 5.41) is 29.1. The van der Waals surface area contributed by atoms with Gasteiger partial charge in [-0.2, -0.15) is 5.48 Å². The SMILES string of the molecule is CCO[C@H]1[C@@H](NO)[C@H](O)[C@@H](COC(=O)C(C)(C)C)O[C@@H]1O. The highest BCUT2D eigenvalue weighted by Gasteiger charge is 2.46. The van der Waals surface area contributed by atoms with Crippen LogP contribution in [0.1, 0.15) is 27.7 Å². The van der Waals surface area contributed by atoms with E-state index in [-0.39, 0.29) is 13.2 Å². The number of ether oxygens (including phenoxy) is 3. The molecule has 0 bridgehead atoms. The van der Waals surface area contributed by atoms with Crippen molar-refractivity contribution in [3.63, 3.8) is 0 Å². The Morgan fingerprint density at radius 2 is 1.95 bits per heavy atom. The number of carbonyl (C=O) groups excluding carboxylic acids is 1. The molecule has 1 saturated heterocycles. The summed E-state index contributed by atoms with van der Waals surface area (Å²) in [5.74, 6) is -0.451. The number of rotatable bonds is 5. The summed E-state index contributed by atoms with van der Waals surface area (Å²) in [5.41, 5.74) is 1.23. The van der Waals surface area contributed by atoms with Gasteiger partial charge in [0.25, 0.3) is 0 Å². The first-order valence-corrected chi connectivity index (χ1v) is 6.92. The molecule has 8 heteroatoms. The number of hydrogen-bond acceptors (Lipinski definition) is 8. The van der Waals surface area contributed by atoms with Crippen LogP contribution < -0.4 is 5.48 Å². The van der Waals surface area contributed by atoms with Crippen molar-refractivity contribution in [2.45, 2.75) is 58.3 Å². The van der Waals surface area contributed by atoms with Crippen molar-refractivity contribution in [3.05, 3.63) is 0 Å². The van der Waals surface area contributed by atoms with Crippen LogP contribution in [0.15, 0.2) is 0 Å². The molecule has 0 spiro atoms. The van der Waals surface area contributed by atoms with Gasteiger partial charge in [0.15, 0.2) is 6.29 Å². The molecule has 1 rings (SSSR count). The summed E-state index contributed by atoms with van der Waals surface area (Å²) >= 11 is 0. The molecule has 0 radical (unpaired) electrons. The van der Waals surface area contributed by atoms with E-state index in [1.54, 1.807) is 27.7 Å². The first kappa shape index (κ1) is 18.3. The van der Waals surface area contributed by atoms with Crippen LogP contribution in [0.25, 0.3) is 0 Å². The largest absolute Gasteiger partial charge is 0.462 e. The summed E-state index contributed by atoms with van der Waals surface area (Å²) in [7, 11) is 0. The average Bonchev–Trinajstić information content (AvgIpc) is 2.40. The van der Waals surface area contributed by atoms with Gasteiger partial charge in [0.2, 0.25) is 0 Å². The summed E-state index contributed by atoms with van der Waals surface area (Å²) in [4.78, 5) is 11.7. The number of aliphatic hydroxyl groups excluding tert-OH is 2. The second-order valence-corrected chi connectivity index (χ2v) is 5.98. The fourth-order valence-corrected chi connectivity index (χ4v) is 1.98. The number of aliphatic hydroxyl groups is 2. The van der Waals surface area contributed by atoms with Crippen molar-refractivity contribution in [2.75, 3.05) is 13.2 Å². The quantitative estimate of drug-likeness (QED) is 0.393. The van der Waals surface area contributed by atoms with Gasteiger partial charge < -0.3 is 29.6 Å². The molecule has 0 unspecified atom stereocenters. The van der Waals surface area contributed by atoms with Gasteiger partial charge in [-0.3, -0.25) is 4.79 Å². The Morgan fingerprint density at radius 3 is 2.43 bits per heavy atom. The maximum Gasteiger partial charge on any atom is 0.311 e. The third-order valence-electron chi connectivity index (χ3n) is 3.20. The van der Waals surface area contributed by atoms with Crippen molar-refractivity contribution >= 4 is 5.97 Å². The van der Waals surface area contributed by atoms with E-state index in [0.29, 0.717) is 0 Å². The normalized spacial score (nSPS) is 33.8. The molecule has 1 heterocycles. The zero-order valence-electron chi connectivity index (χ0n) is 12.8. The molecule has 1 aliphatic rings. The fraction of sp³-hybridized carbons (Fsp3) is 0.923. The number of hydrogen-bond donors (Lipinski definition) is 4. The van der Waals surface area contributed by atoms with Crippen LogP contribution in [-0.4, -0.2) is 65.2 Å². The third kappa shape index (κ3) is 4.60. The summed E-state index contributed by atoms with van der Waals surface area (Å²) in [6, 6.07) is -0.952. The van der Waals surface area contributed by atoms with Crippen molar-refractivity contribution in [2.24, 2.45) is 5.41 Å². The fourth-order valence-electron chi connectivity index (χ4n) is 1.98. The highest BCUT2D eigenvalue weighted by Crippen LogP contribution is 2.23. The monoisotopic (exact) mass is 307 g/mol.